The second kappa shape index (κ2) is 11.4. The van der Waals surface area contributed by atoms with E-state index < -0.39 is 5.91 Å². The Morgan fingerprint density at radius 2 is 1.97 bits per heavy atom. The Morgan fingerprint density at radius 1 is 1.14 bits per heavy atom. The molecule has 4 rings (SSSR count). The molecule has 9 heteroatoms. The maximum absolute atomic E-state index is 12.5. The van der Waals surface area contributed by atoms with Crippen molar-refractivity contribution in [3.8, 4) is 23.3 Å². The Bertz CT molecular complexity index is 1470. The number of benzene rings is 3. The molecule has 0 aliphatic heterocycles. The molecule has 0 aliphatic rings. The fourth-order valence-electron chi connectivity index (χ4n) is 3.44. The van der Waals surface area contributed by atoms with Crippen LogP contribution in [0.5, 0.6) is 17.2 Å². The van der Waals surface area contributed by atoms with Crippen LogP contribution >= 0.6 is 15.9 Å². The van der Waals surface area contributed by atoms with Crippen LogP contribution in [0.25, 0.3) is 11.0 Å². The number of nitrogens with zero attached hydrogens (tertiary/aromatic N) is 2. The van der Waals surface area contributed by atoms with Gasteiger partial charge in [-0.3, -0.25) is 4.79 Å². The third-order valence-corrected chi connectivity index (χ3v) is 5.88. The van der Waals surface area contributed by atoms with Gasteiger partial charge < -0.3 is 18.6 Å². The average Bonchev–Trinajstić information content (AvgIpc) is 3.32. The minimum Gasteiger partial charge on any atom is -0.494 e. The summed E-state index contributed by atoms with van der Waals surface area (Å²) in [6, 6.07) is 19.8. The molecule has 0 atom stereocenters. The topological polar surface area (TPSA) is 106 Å². The maximum Gasteiger partial charge on any atom is 0.307 e. The number of carbonyl (C=O) groups excluding carboxylic acids is 1. The summed E-state index contributed by atoms with van der Waals surface area (Å²) < 4.78 is 23.1. The molecule has 36 heavy (non-hydrogen) atoms. The Morgan fingerprint density at radius 3 is 2.75 bits per heavy atom. The number of nitriles is 1. The van der Waals surface area contributed by atoms with Gasteiger partial charge in [-0.05, 0) is 65.3 Å². The van der Waals surface area contributed by atoms with Gasteiger partial charge in [-0.25, -0.2) is 5.43 Å². The van der Waals surface area contributed by atoms with E-state index in [-0.39, 0.29) is 12.4 Å². The molecule has 0 aliphatic carbocycles. The van der Waals surface area contributed by atoms with Crippen molar-refractivity contribution in [3.05, 3.63) is 87.6 Å². The Kier molecular flexibility index (Phi) is 7.88. The lowest BCUT2D eigenvalue weighted by Gasteiger charge is -2.13. The molecule has 1 heterocycles. The summed E-state index contributed by atoms with van der Waals surface area (Å²) >= 11 is 3.50. The molecule has 3 aromatic carbocycles. The molecule has 0 radical (unpaired) electrons. The quantitative estimate of drug-likeness (QED) is 0.209. The number of ether oxygens (including phenoxy) is 3. The van der Waals surface area contributed by atoms with Gasteiger partial charge in [0.15, 0.2) is 17.3 Å². The number of methoxy groups -OCH3 is 1. The molecule has 1 N–H and O–H groups in total. The Balaban J connectivity index is 1.44. The standard InChI is InChI=1S/C27H22BrN3O5/c1-3-34-21-8-9-23-19(10-21)11-26(36-23)27(32)31-30-15-20-12-24(33-2)25(13-22(20)28)35-16-18-7-5-4-6-17(18)14-29/h4-13,15H,3,16H2,1-2H3,(H,31,32)/b30-15+. The highest BCUT2D eigenvalue weighted by molar-refractivity contribution is 9.10. The lowest BCUT2D eigenvalue weighted by molar-refractivity contribution is 0.0929. The monoisotopic (exact) mass is 547 g/mol. The zero-order valence-electron chi connectivity index (χ0n) is 19.6. The second-order valence-electron chi connectivity index (χ2n) is 7.52. The van der Waals surface area contributed by atoms with Crippen molar-refractivity contribution in [2.24, 2.45) is 5.10 Å². The van der Waals surface area contributed by atoms with Crippen molar-refractivity contribution < 1.29 is 23.4 Å². The van der Waals surface area contributed by atoms with Crippen molar-refractivity contribution in [2.45, 2.75) is 13.5 Å². The number of hydrogen-bond acceptors (Lipinski definition) is 7. The van der Waals surface area contributed by atoms with Gasteiger partial charge in [-0.2, -0.15) is 10.4 Å². The summed E-state index contributed by atoms with van der Waals surface area (Å²) in [6.07, 6.45) is 1.48. The molecule has 0 bridgehead atoms. The molecular formula is C27H22BrN3O5. The van der Waals surface area contributed by atoms with E-state index in [1.54, 1.807) is 42.5 Å². The van der Waals surface area contributed by atoms with Gasteiger partial charge in [0.05, 0.1) is 31.6 Å². The summed E-state index contributed by atoms with van der Waals surface area (Å²) in [6.45, 7) is 2.66. The molecule has 8 nitrogen and oxygen atoms in total. The third-order valence-electron chi connectivity index (χ3n) is 5.20. The predicted molar refractivity (Wildman–Crippen MR) is 139 cm³/mol. The van der Waals surface area contributed by atoms with Crippen LogP contribution in [-0.2, 0) is 6.61 Å². The smallest absolute Gasteiger partial charge is 0.307 e. The fourth-order valence-corrected chi connectivity index (χ4v) is 3.86. The highest BCUT2D eigenvalue weighted by atomic mass is 79.9. The number of furan rings is 1. The number of hydrazone groups is 1. The molecule has 182 valence electrons. The molecule has 0 saturated carbocycles. The highest BCUT2D eigenvalue weighted by Gasteiger charge is 2.14. The first-order valence-corrected chi connectivity index (χ1v) is 11.8. The van der Waals surface area contributed by atoms with E-state index in [4.69, 9.17) is 18.6 Å². The van der Waals surface area contributed by atoms with E-state index in [0.29, 0.717) is 45.0 Å². The van der Waals surface area contributed by atoms with E-state index in [2.05, 4.69) is 32.5 Å². The van der Waals surface area contributed by atoms with E-state index in [0.717, 1.165) is 10.9 Å². The van der Waals surface area contributed by atoms with E-state index in [1.165, 1.54) is 13.3 Å². The molecule has 0 unspecified atom stereocenters. The number of rotatable bonds is 9. The van der Waals surface area contributed by atoms with Crippen LogP contribution in [0.1, 0.15) is 34.2 Å². The van der Waals surface area contributed by atoms with Gasteiger partial charge in [-0.1, -0.05) is 18.2 Å². The molecular weight excluding hydrogens is 526 g/mol. The minimum absolute atomic E-state index is 0.133. The number of fused-ring (bicyclic) bond motifs is 1. The summed E-state index contributed by atoms with van der Waals surface area (Å²) in [7, 11) is 1.53. The number of nitrogens with one attached hydrogen (secondary N) is 1. The Hall–Kier alpha value is -4.29. The van der Waals surface area contributed by atoms with Gasteiger partial charge in [0.1, 0.15) is 17.9 Å². The molecule has 0 saturated heterocycles. The first-order chi connectivity index (χ1) is 17.5. The third kappa shape index (κ3) is 5.67. The minimum atomic E-state index is -0.486. The van der Waals surface area contributed by atoms with Crippen LogP contribution in [0.3, 0.4) is 0 Å². The molecule has 0 spiro atoms. The van der Waals surface area contributed by atoms with E-state index >= 15 is 0 Å². The van der Waals surface area contributed by atoms with Crippen molar-refractivity contribution in [1.29, 1.82) is 5.26 Å². The summed E-state index contributed by atoms with van der Waals surface area (Å²) in [5, 5.41) is 14.1. The molecule has 1 aromatic heterocycles. The van der Waals surface area contributed by atoms with Gasteiger partial charge in [0, 0.05) is 21.0 Å². The lowest BCUT2D eigenvalue weighted by Crippen LogP contribution is -2.16. The molecule has 1 amide bonds. The summed E-state index contributed by atoms with van der Waals surface area (Å²) in [4.78, 5) is 12.5. The molecule has 4 aromatic rings. The number of amides is 1. The van der Waals surface area contributed by atoms with Gasteiger partial charge in [0.2, 0.25) is 0 Å². The van der Waals surface area contributed by atoms with Gasteiger partial charge in [0.25, 0.3) is 0 Å². The van der Waals surface area contributed by atoms with Gasteiger partial charge >= 0.3 is 5.91 Å². The van der Waals surface area contributed by atoms with E-state index in [1.807, 2.05) is 25.1 Å². The normalized spacial score (nSPS) is 10.8. The van der Waals surface area contributed by atoms with E-state index in [9.17, 15) is 10.1 Å². The van der Waals surface area contributed by atoms with Crippen LogP contribution < -0.4 is 19.6 Å². The fraction of sp³-hybridized carbons (Fsp3) is 0.148. The number of halogens is 1. The van der Waals surface area contributed by atoms with Crippen LogP contribution in [0.4, 0.5) is 0 Å². The SMILES string of the molecule is CCOc1ccc2oc(C(=O)N/N=C/c3cc(OC)c(OCc4ccccc4C#N)cc3Br)cc2c1. The first-order valence-electron chi connectivity index (χ1n) is 11.0. The lowest BCUT2D eigenvalue weighted by atomic mass is 10.1. The summed E-state index contributed by atoms with van der Waals surface area (Å²) in [5.41, 5.74) is 5.02. The van der Waals surface area contributed by atoms with Crippen LogP contribution in [0.15, 0.2) is 74.7 Å². The predicted octanol–water partition coefficient (Wildman–Crippen LogP) is 5.82. The largest absolute Gasteiger partial charge is 0.494 e. The summed E-state index contributed by atoms with van der Waals surface area (Å²) in [5.74, 6) is 1.32. The zero-order valence-corrected chi connectivity index (χ0v) is 21.2. The van der Waals surface area contributed by atoms with Crippen LogP contribution in [-0.4, -0.2) is 25.8 Å². The van der Waals surface area contributed by atoms with Gasteiger partial charge in [-0.15, -0.1) is 0 Å². The second-order valence-corrected chi connectivity index (χ2v) is 8.38. The average molecular weight is 548 g/mol. The van der Waals surface area contributed by atoms with Crippen molar-refractivity contribution >= 4 is 39.0 Å². The van der Waals surface area contributed by atoms with Crippen molar-refractivity contribution in [3.63, 3.8) is 0 Å². The zero-order chi connectivity index (χ0) is 25.5. The maximum atomic E-state index is 12.5. The molecule has 0 fully saturated rings. The Labute approximate surface area is 216 Å². The highest BCUT2D eigenvalue weighted by Crippen LogP contribution is 2.33. The first kappa shape index (κ1) is 24.8. The van der Waals surface area contributed by atoms with Crippen LogP contribution in [0.2, 0.25) is 0 Å². The van der Waals surface area contributed by atoms with Crippen molar-refractivity contribution in [1.82, 2.24) is 5.43 Å². The van der Waals surface area contributed by atoms with Crippen molar-refractivity contribution in [2.75, 3.05) is 13.7 Å². The number of hydrogen-bond donors (Lipinski definition) is 1. The van der Waals surface area contributed by atoms with Crippen LogP contribution in [0, 0.1) is 11.3 Å². The number of carbonyl (C=O) groups is 1.